The van der Waals surface area contributed by atoms with Crippen LogP contribution < -0.4 is 0 Å². The third-order valence-electron chi connectivity index (χ3n) is 6.76. The van der Waals surface area contributed by atoms with Crippen LogP contribution in [0, 0.1) is 23.6 Å². The lowest BCUT2D eigenvalue weighted by atomic mass is 9.77. The maximum absolute atomic E-state index is 13.5. The molecule has 2 aliphatic carbocycles. The van der Waals surface area contributed by atoms with Gasteiger partial charge in [-0.05, 0) is 55.1 Å². The molecule has 3 aliphatic rings. The predicted molar refractivity (Wildman–Crippen MR) is 108 cm³/mol. The van der Waals surface area contributed by atoms with Crippen LogP contribution in [0.3, 0.4) is 0 Å². The van der Waals surface area contributed by atoms with Crippen LogP contribution in [0.4, 0.5) is 4.39 Å². The molecule has 3 fully saturated rings. The van der Waals surface area contributed by atoms with Crippen molar-refractivity contribution in [3.05, 3.63) is 41.7 Å². The Morgan fingerprint density at radius 1 is 1.17 bits per heavy atom. The number of halogens is 1. The molecule has 0 radical (unpaired) electrons. The number of nitrogens with zero attached hydrogens (tertiary/aromatic N) is 5. The maximum atomic E-state index is 13.5. The molecule has 1 aliphatic heterocycles. The van der Waals surface area contributed by atoms with Gasteiger partial charge in [-0.3, -0.25) is 9.88 Å². The third-order valence-corrected chi connectivity index (χ3v) is 6.76. The number of ether oxygens (including phenoxy) is 2. The molecular formula is C22H30FN5O2. The standard InChI is InChI=1S/C22H30FN5O2/c1-29-14-20-12-28(26-25-20)21-5-17-10-27(9-16-4-19(23)8-24-7-16)11-18(17)6-22(21)30-13-15-2-3-15/h4,7-8,12,15,17-18,21-22H,2-3,5-6,9-11,13-14H2,1H3/t17-,18+,21-,22-/m1/s1. The minimum Gasteiger partial charge on any atom is -0.378 e. The zero-order valence-corrected chi connectivity index (χ0v) is 17.5. The highest BCUT2D eigenvalue weighted by atomic mass is 19.1. The fraction of sp³-hybridized carbons (Fsp3) is 0.682. The normalized spacial score (nSPS) is 29.3. The van der Waals surface area contributed by atoms with E-state index < -0.39 is 0 Å². The van der Waals surface area contributed by atoms with Gasteiger partial charge >= 0.3 is 0 Å². The fourth-order valence-corrected chi connectivity index (χ4v) is 5.11. The van der Waals surface area contributed by atoms with Crippen LogP contribution in [0.15, 0.2) is 24.7 Å². The van der Waals surface area contributed by atoms with Gasteiger partial charge in [-0.2, -0.15) is 0 Å². The van der Waals surface area contributed by atoms with Crippen molar-refractivity contribution in [3.63, 3.8) is 0 Å². The summed E-state index contributed by atoms with van der Waals surface area (Å²) in [4.78, 5) is 6.43. The van der Waals surface area contributed by atoms with Crippen molar-refractivity contribution >= 4 is 0 Å². The molecule has 7 nitrogen and oxygen atoms in total. The second kappa shape index (κ2) is 8.69. The number of fused-ring (bicyclic) bond motifs is 1. The number of hydrogen-bond donors (Lipinski definition) is 0. The fourth-order valence-electron chi connectivity index (χ4n) is 5.11. The van der Waals surface area contributed by atoms with Crippen LogP contribution >= 0.6 is 0 Å². The van der Waals surface area contributed by atoms with Gasteiger partial charge in [-0.15, -0.1) is 5.10 Å². The lowest BCUT2D eigenvalue weighted by Gasteiger charge is -2.37. The van der Waals surface area contributed by atoms with Crippen LogP contribution in [0.5, 0.6) is 0 Å². The van der Waals surface area contributed by atoms with E-state index in [0.29, 0.717) is 18.4 Å². The van der Waals surface area contributed by atoms with Crippen molar-refractivity contribution in [2.45, 2.75) is 51.0 Å². The molecule has 0 amide bonds. The van der Waals surface area contributed by atoms with Crippen LogP contribution in [-0.2, 0) is 22.6 Å². The quantitative estimate of drug-likeness (QED) is 0.661. The average Bonchev–Trinajstić information content (AvgIpc) is 3.30. The summed E-state index contributed by atoms with van der Waals surface area (Å²) in [6.45, 7) is 4.13. The van der Waals surface area contributed by atoms with E-state index in [1.165, 1.54) is 19.0 Å². The van der Waals surface area contributed by atoms with Crippen molar-refractivity contribution < 1.29 is 13.9 Å². The summed E-state index contributed by atoms with van der Waals surface area (Å²) >= 11 is 0. The first-order valence-electron chi connectivity index (χ1n) is 11.0. The second-order valence-electron chi connectivity index (χ2n) is 9.20. The van der Waals surface area contributed by atoms with Gasteiger partial charge in [0.05, 0.1) is 31.1 Å². The van der Waals surface area contributed by atoms with Gasteiger partial charge in [0.2, 0.25) is 0 Å². The largest absolute Gasteiger partial charge is 0.378 e. The van der Waals surface area contributed by atoms with Crippen LogP contribution in [0.25, 0.3) is 0 Å². The first-order chi connectivity index (χ1) is 14.7. The molecule has 0 unspecified atom stereocenters. The molecule has 2 aromatic heterocycles. The van der Waals surface area contributed by atoms with E-state index in [9.17, 15) is 4.39 Å². The van der Waals surface area contributed by atoms with E-state index in [1.54, 1.807) is 19.4 Å². The third kappa shape index (κ3) is 4.55. The Balaban J connectivity index is 1.28. The summed E-state index contributed by atoms with van der Waals surface area (Å²) in [6.07, 6.45) is 9.86. The highest BCUT2D eigenvalue weighted by molar-refractivity contribution is 5.11. The van der Waals surface area contributed by atoms with Gasteiger partial charge in [-0.25, -0.2) is 9.07 Å². The summed E-state index contributed by atoms with van der Waals surface area (Å²) in [5.74, 6) is 1.67. The molecule has 0 aromatic carbocycles. The summed E-state index contributed by atoms with van der Waals surface area (Å²) in [6, 6.07) is 1.80. The summed E-state index contributed by atoms with van der Waals surface area (Å²) < 4.78 is 27.1. The Hall–Kier alpha value is -1.90. The van der Waals surface area contributed by atoms with E-state index >= 15 is 0 Å². The molecule has 0 spiro atoms. The molecule has 0 N–H and O–H groups in total. The van der Waals surface area contributed by atoms with Gasteiger partial charge in [0.15, 0.2) is 0 Å². The van der Waals surface area contributed by atoms with Crippen LogP contribution in [0.1, 0.15) is 43.0 Å². The highest BCUT2D eigenvalue weighted by Crippen LogP contribution is 2.43. The van der Waals surface area contributed by atoms with Crippen molar-refractivity contribution in [1.82, 2.24) is 24.9 Å². The minimum atomic E-state index is -0.268. The van der Waals surface area contributed by atoms with Crippen molar-refractivity contribution in [3.8, 4) is 0 Å². The zero-order valence-electron chi connectivity index (χ0n) is 17.5. The molecular weight excluding hydrogens is 385 g/mol. The molecule has 2 aromatic rings. The Labute approximate surface area is 176 Å². The number of methoxy groups -OCH3 is 1. The second-order valence-corrected chi connectivity index (χ2v) is 9.20. The van der Waals surface area contributed by atoms with Gasteiger partial charge < -0.3 is 9.47 Å². The van der Waals surface area contributed by atoms with Gasteiger partial charge in [0.1, 0.15) is 11.5 Å². The molecule has 4 atom stereocenters. The van der Waals surface area contributed by atoms with Gasteiger partial charge in [-0.1, -0.05) is 5.21 Å². The first kappa shape index (κ1) is 20.0. The molecule has 30 heavy (non-hydrogen) atoms. The topological polar surface area (TPSA) is 65.3 Å². The van der Waals surface area contributed by atoms with E-state index in [4.69, 9.17) is 9.47 Å². The summed E-state index contributed by atoms with van der Waals surface area (Å²) in [5, 5.41) is 8.67. The molecule has 2 saturated carbocycles. The van der Waals surface area contributed by atoms with Crippen molar-refractivity contribution in [1.29, 1.82) is 0 Å². The summed E-state index contributed by atoms with van der Waals surface area (Å²) in [7, 11) is 1.67. The number of aromatic nitrogens is 4. The smallest absolute Gasteiger partial charge is 0.141 e. The van der Waals surface area contributed by atoms with Crippen molar-refractivity contribution in [2.24, 2.45) is 17.8 Å². The van der Waals surface area contributed by atoms with Crippen molar-refractivity contribution in [2.75, 3.05) is 26.8 Å². The van der Waals surface area contributed by atoms with Gasteiger partial charge in [0.25, 0.3) is 0 Å². The minimum absolute atomic E-state index is 0.166. The molecule has 0 bridgehead atoms. The summed E-state index contributed by atoms with van der Waals surface area (Å²) in [5.41, 5.74) is 1.79. The lowest BCUT2D eigenvalue weighted by Crippen LogP contribution is -2.38. The highest BCUT2D eigenvalue weighted by Gasteiger charge is 2.44. The molecule has 162 valence electrons. The van der Waals surface area contributed by atoms with E-state index in [0.717, 1.165) is 56.3 Å². The number of likely N-dealkylation sites (tertiary alicyclic amines) is 1. The predicted octanol–water partition coefficient (Wildman–Crippen LogP) is 2.84. The van der Waals surface area contributed by atoms with E-state index in [-0.39, 0.29) is 18.0 Å². The Morgan fingerprint density at radius 3 is 2.77 bits per heavy atom. The number of pyridine rings is 1. The Bertz CT molecular complexity index is 858. The van der Waals surface area contributed by atoms with Gasteiger partial charge in [0, 0.05) is 39.5 Å². The SMILES string of the molecule is COCc1cn([C@@H]2C[C@@H]3CN(Cc4cncc(F)c4)C[C@@H]3C[C@H]2OCC2CC2)nn1. The maximum Gasteiger partial charge on any atom is 0.141 e. The Morgan fingerprint density at radius 2 is 2.00 bits per heavy atom. The molecule has 5 rings (SSSR count). The monoisotopic (exact) mass is 415 g/mol. The van der Waals surface area contributed by atoms with E-state index in [2.05, 4.69) is 20.2 Å². The lowest BCUT2D eigenvalue weighted by molar-refractivity contribution is -0.0376. The average molecular weight is 416 g/mol. The number of rotatable bonds is 8. The Kier molecular flexibility index (Phi) is 5.80. The van der Waals surface area contributed by atoms with E-state index in [1.807, 2.05) is 10.9 Å². The first-order valence-corrected chi connectivity index (χ1v) is 11.0. The molecule has 8 heteroatoms. The zero-order chi connectivity index (χ0) is 20.5. The van der Waals surface area contributed by atoms with Crippen LogP contribution in [-0.4, -0.2) is 57.8 Å². The van der Waals surface area contributed by atoms with Crippen LogP contribution in [0.2, 0.25) is 0 Å². The molecule has 1 saturated heterocycles. The molecule has 3 heterocycles. The number of hydrogen-bond acceptors (Lipinski definition) is 6.